The van der Waals surface area contributed by atoms with Gasteiger partial charge in [-0.05, 0) is 6.92 Å². The molecular formula is C11H15N3O2. The van der Waals surface area contributed by atoms with E-state index in [-0.39, 0.29) is 5.91 Å². The van der Waals surface area contributed by atoms with Crippen LogP contribution in [0.1, 0.15) is 17.3 Å². The lowest BCUT2D eigenvalue weighted by Gasteiger charge is -2.05. The van der Waals surface area contributed by atoms with E-state index in [0.717, 1.165) is 19.8 Å². The highest BCUT2D eigenvalue weighted by Crippen LogP contribution is 2.44. The van der Waals surface area contributed by atoms with Crippen LogP contribution in [0.5, 0.6) is 0 Å². The third-order valence-corrected chi connectivity index (χ3v) is 3.47. The highest BCUT2D eigenvalue weighted by atomic mass is 16.5. The molecule has 3 rings (SSSR count). The minimum absolute atomic E-state index is 0.0147. The van der Waals surface area contributed by atoms with E-state index in [2.05, 4.69) is 10.4 Å². The summed E-state index contributed by atoms with van der Waals surface area (Å²) in [5, 5.41) is 7.12. The number of aromatic nitrogens is 2. The highest BCUT2D eigenvalue weighted by molar-refractivity contribution is 5.94. The molecular weight excluding hydrogens is 206 g/mol. The van der Waals surface area contributed by atoms with Gasteiger partial charge < -0.3 is 10.1 Å². The second kappa shape index (κ2) is 3.59. The number of rotatable bonds is 3. The van der Waals surface area contributed by atoms with E-state index >= 15 is 0 Å². The molecule has 1 saturated heterocycles. The zero-order valence-corrected chi connectivity index (χ0v) is 9.22. The van der Waals surface area contributed by atoms with Crippen LogP contribution in [0.15, 0.2) is 12.4 Å². The average Bonchev–Trinajstić information content (AvgIpc) is 2.81. The molecule has 1 N–H and O–H groups in total. The number of carbonyl (C=O) groups is 1. The predicted molar refractivity (Wildman–Crippen MR) is 57.0 cm³/mol. The number of nitrogens with zero attached hydrogens (tertiary/aromatic N) is 2. The third-order valence-electron chi connectivity index (χ3n) is 3.47. The minimum atomic E-state index is -0.0147. The van der Waals surface area contributed by atoms with E-state index in [1.807, 2.05) is 6.92 Å². The van der Waals surface area contributed by atoms with Crippen LogP contribution in [-0.2, 0) is 11.3 Å². The molecule has 86 valence electrons. The number of amides is 1. The van der Waals surface area contributed by atoms with Gasteiger partial charge in [-0.3, -0.25) is 9.48 Å². The van der Waals surface area contributed by atoms with Crippen molar-refractivity contribution in [1.82, 2.24) is 15.1 Å². The monoisotopic (exact) mass is 221 g/mol. The SMILES string of the molecule is CCn1cc(C(=O)NC2[C@H]3COC[C@@H]23)cn1. The Hall–Kier alpha value is -1.36. The lowest BCUT2D eigenvalue weighted by Crippen LogP contribution is -2.29. The first-order chi connectivity index (χ1) is 7.79. The predicted octanol–water partition coefficient (Wildman–Crippen LogP) is 0.278. The van der Waals surface area contributed by atoms with E-state index in [1.54, 1.807) is 17.1 Å². The van der Waals surface area contributed by atoms with E-state index in [0.29, 0.717) is 23.4 Å². The zero-order valence-electron chi connectivity index (χ0n) is 9.22. The summed E-state index contributed by atoms with van der Waals surface area (Å²) in [6, 6.07) is 0.325. The molecule has 16 heavy (non-hydrogen) atoms. The standard InChI is InChI=1S/C11H15N3O2/c1-2-14-4-7(3-12-14)11(15)13-10-8-5-16-6-9(8)10/h3-4,8-10H,2,5-6H2,1H3,(H,13,15)/t8-,9+,10?. The highest BCUT2D eigenvalue weighted by Gasteiger charge is 2.54. The van der Waals surface area contributed by atoms with Gasteiger partial charge in [-0.25, -0.2) is 0 Å². The molecule has 1 aromatic heterocycles. The summed E-state index contributed by atoms with van der Waals surface area (Å²) in [5.74, 6) is 1.08. The topological polar surface area (TPSA) is 56.2 Å². The number of hydrogen-bond donors (Lipinski definition) is 1. The van der Waals surface area contributed by atoms with Crippen molar-refractivity contribution in [3.05, 3.63) is 18.0 Å². The van der Waals surface area contributed by atoms with Crippen molar-refractivity contribution in [1.29, 1.82) is 0 Å². The molecule has 1 amide bonds. The summed E-state index contributed by atoms with van der Waals surface area (Å²) in [6.45, 7) is 4.38. The van der Waals surface area contributed by atoms with Gasteiger partial charge >= 0.3 is 0 Å². The molecule has 5 heteroatoms. The summed E-state index contributed by atoms with van der Waals surface area (Å²) in [6.07, 6.45) is 3.40. The van der Waals surface area contributed by atoms with Crippen molar-refractivity contribution in [2.45, 2.75) is 19.5 Å². The molecule has 1 aliphatic heterocycles. The van der Waals surface area contributed by atoms with Crippen LogP contribution < -0.4 is 5.32 Å². The molecule has 1 aliphatic carbocycles. The summed E-state index contributed by atoms with van der Waals surface area (Å²) in [4.78, 5) is 11.9. The van der Waals surface area contributed by atoms with Crippen molar-refractivity contribution in [2.75, 3.05) is 13.2 Å². The van der Waals surface area contributed by atoms with Gasteiger partial charge in [0.25, 0.3) is 5.91 Å². The Labute approximate surface area is 93.8 Å². The molecule has 0 aromatic carbocycles. The summed E-state index contributed by atoms with van der Waals surface area (Å²) in [5.41, 5.74) is 0.646. The van der Waals surface area contributed by atoms with Gasteiger partial charge in [0.2, 0.25) is 0 Å². The molecule has 1 unspecified atom stereocenters. The number of fused-ring (bicyclic) bond motifs is 1. The zero-order chi connectivity index (χ0) is 11.1. The maximum atomic E-state index is 11.9. The smallest absolute Gasteiger partial charge is 0.254 e. The summed E-state index contributed by atoms with van der Waals surface area (Å²) < 4.78 is 7.03. The van der Waals surface area contributed by atoms with E-state index < -0.39 is 0 Å². The van der Waals surface area contributed by atoms with Crippen LogP contribution in [0.25, 0.3) is 0 Å². The van der Waals surface area contributed by atoms with Crippen LogP contribution in [0.2, 0.25) is 0 Å². The van der Waals surface area contributed by atoms with E-state index in [1.165, 1.54) is 0 Å². The van der Waals surface area contributed by atoms with Gasteiger partial charge in [-0.15, -0.1) is 0 Å². The van der Waals surface area contributed by atoms with Crippen molar-refractivity contribution >= 4 is 5.91 Å². The van der Waals surface area contributed by atoms with E-state index in [4.69, 9.17) is 4.74 Å². The van der Waals surface area contributed by atoms with Crippen LogP contribution in [0, 0.1) is 11.8 Å². The van der Waals surface area contributed by atoms with Gasteiger partial charge in [0.1, 0.15) is 0 Å². The molecule has 0 bridgehead atoms. The van der Waals surface area contributed by atoms with Gasteiger partial charge in [0, 0.05) is 30.6 Å². The quantitative estimate of drug-likeness (QED) is 0.797. The molecule has 1 aromatic rings. The molecule has 2 fully saturated rings. The fraction of sp³-hybridized carbons (Fsp3) is 0.636. The normalized spacial score (nSPS) is 31.2. The molecule has 3 atom stereocenters. The van der Waals surface area contributed by atoms with Crippen LogP contribution in [0.4, 0.5) is 0 Å². The largest absolute Gasteiger partial charge is 0.381 e. The summed E-state index contributed by atoms with van der Waals surface area (Å²) >= 11 is 0. The van der Waals surface area contributed by atoms with Crippen LogP contribution >= 0.6 is 0 Å². The second-order valence-corrected chi connectivity index (χ2v) is 4.45. The lowest BCUT2D eigenvalue weighted by molar-refractivity contribution is 0.0929. The van der Waals surface area contributed by atoms with Crippen molar-refractivity contribution < 1.29 is 9.53 Å². The van der Waals surface area contributed by atoms with Crippen molar-refractivity contribution in [2.24, 2.45) is 11.8 Å². The van der Waals surface area contributed by atoms with Gasteiger partial charge in [0.15, 0.2) is 0 Å². The molecule has 2 heterocycles. The number of aryl methyl sites for hydroxylation is 1. The number of hydrogen-bond acceptors (Lipinski definition) is 3. The fourth-order valence-electron chi connectivity index (χ4n) is 2.34. The Morgan fingerprint density at radius 2 is 2.38 bits per heavy atom. The Balaban J connectivity index is 1.61. The Kier molecular flexibility index (Phi) is 2.21. The van der Waals surface area contributed by atoms with Crippen molar-refractivity contribution in [3.8, 4) is 0 Å². The number of carbonyl (C=O) groups excluding carboxylic acids is 1. The van der Waals surface area contributed by atoms with Crippen LogP contribution in [0.3, 0.4) is 0 Å². The third kappa shape index (κ3) is 1.51. The van der Waals surface area contributed by atoms with Gasteiger partial charge in [-0.1, -0.05) is 0 Å². The van der Waals surface area contributed by atoms with Crippen LogP contribution in [-0.4, -0.2) is 34.9 Å². The number of ether oxygens (including phenoxy) is 1. The molecule has 1 saturated carbocycles. The fourth-order valence-corrected chi connectivity index (χ4v) is 2.34. The maximum Gasteiger partial charge on any atom is 0.254 e. The van der Waals surface area contributed by atoms with Gasteiger partial charge in [-0.2, -0.15) is 5.10 Å². The Morgan fingerprint density at radius 1 is 1.62 bits per heavy atom. The van der Waals surface area contributed by atoms with E-state index in [9.17, 15) is 4.79 Å². The molecule has 0 radical (unpaired) electrons. The summed E-state index contributed by atoms with van der Waals surface area (Å²) in [7, 11) is 0. The second-order valence-electron chi connectivity index (χ2n) is 4.45. The molecule has 2 aliphatic rings. The first-order valence-corrected chi connectivity index (χ1v) is 5.70. The molecule has 0 spiro atoms. The lowest BCUT2D eigenvalue weighted by atomic mass is 10.3. The van der Waals surface area contributed by atoms with Gasteiger partial charge in [0.05, 0.1) is 25.0 Å². The maximum absolute atomic E-state index is 11.9. The number of nitrogens with one attached hydrogen (secondary N) is 1. The first kappa shape index (κ1) is 9.84. The average molecular weight is 221 g/mol. The first-order valence-electron chi connectivity index (χ1n) is 5.70. The Bertz CT molecular complexity index is 405. The Morgan fingerprint density at radius 3 is 3.00 bits per heavy atom. The van der Waals surface area contributed by atoms with Crippen molar-refractivity contribution in [3.63, 3.8) is 0 Å². The molecule has 5 nitrogen and oxygen atoms in total. The minimum Gasteiger partial charge on any atom is -0.381 e.